The molecule has 0 saturated carbocycles. The van der Waals surface area contributed by atoms with Gasteiger partial charge in [0.25, 0.3) is 10.1 Å². The van der Waals surface area contributed by atoms with E-state index in [2.05, 4.69) is 6.92 Å². The van der Waals surface area contributed by atoms with E-state index in [4.69, 9.17) is 0 Å². The maximum Gasteiger partial charge on any atom is 0.295 e. The summed E-state index contributed by atoms with van der Waals surface area (Å²) in [5.74, 6) is 0. The van der Waals surface area contributed by atoms with Crippen molar-refractivity contribution in [3.05, 3.63) is 42.0 Å². The Bertz CT molecular complexity index is 711. The molecule has 0 saturated heterocycles. The van der Waals surface area contributed by atoms with Crippen LogP contribution in [0.3, 0.4) is 0 Å². The highest BCUT2D eigenvalue weighted by Crippen LogP contribution is 2.28. The Morgan fingerprint density at radius 3 is 2.32 bits per heavy atom. The molecule has 0 spiro atoms. The summed E-state index contributed by atoms with van der Waals surface area (Å²) < 4.78 is 33.1. The van der Waals surface area contributed by atoms with Crippen molar-refractivity contribution in [1.82, 2.24) is 6.15 Å². The molecule has 0 aliphatic rings. The van der Waals surface area contributed by atoms with Crippen molar-refractivity contribution in [2.24, 2.45) is 0 Å². The lowest BCUT2D eigenvalue weighted by Crippen LogP contribution is -2.04. The van der Waals surface area contributed by atoms with Crippen LogP contribution in [0.15, 0.2) is 41.3 Å². The summed E-state index contributed by atoms with van der Waals surface area (Å²) in [7, 11) is -4.21. The molecule has 0 bridgehead atoms. The van der Waals surface area contributed by atoms with Gasteiger partial charge in [0.2, 0.25) is 0 Å². The Kier molecular flexibility index (Phi) is 7.00. The van der Waals surface area contributed by atoms with Crippen molar-refractivity contribution in [1.29, 1.82) is 0 Å². The number of hydrogen-bond acceptors (Lipinski definition) is 3. The molecule has 0 aliphatic carbocycles. The SMILES string of the molecule is CCCCCCCc1ccc2ccccc2c1S(=O)(=O)O.N. The van der Waals surface area contributed by atoms with Crippen LogP contribution in [0.1, 0.15) is 44.6 Å². The molecule has 0 heterocycles. The third-order valence-electron chi connectivity index (χ3n) is 3.77. The van der Waals surface area contributed by atoms with Crippen molar-refractivity contribution in [3.63, 3.8) is 0 Å². The summed E-state index contributed by atoms with van der Waals surface area (Å²) in [5, 5.41) is 1.44. The molecule has 0 radical (unpaired) electrons. The second-order valence-electron chi connectivity index (χ2n) is 5.41. The number of hydrogen-bond donors (Lipinski definition) is 2. The summed E-state index contributed by atoms with van der Waals surface area (Å²) in [4.78, 5) is 0.0797. The molecule has 4 nitrogen and oxygen atoms in total. The van der Waals surface area contributed by atoms with Gasteiger partial charge in [-0.3, -0.25) is 4.55 Å². The van der Waals surface area contributed by atoms with Crippen LogP contribution in [0.2, 0.25) is 0 Å². The monoisotopic (exact) mass is 323 g/mol. The van der Waals surface area contributed by atoms with Gasteiger partial charge in [-0.2, -0.15) is 8.42 Å². The van der Waals surface area contributed by atoms with E-state index in [0.29, 0.717) is 17.4 Å². The van der Waals surface area contributed by atoms with Crippen molar-refractivity contribution in [2.45, 2.75) is 50.3 Å². The van der Waals surface area contributed by atoms with Gasteiger partial charge >= 0.3 is 0 Å². The van der Waals surface area contributed by atoms with Crippen molar-refractivity contribution >= 4 is 20.9 Å². The van der Waals surface area contributed by atoms with E-state index in [1.807, 2.05) is 24.3 Å². The van der Waals surface area contributed by atoms with Gasteiger partial charge < -0.3 is 6.15 Å². The van der Waals surface area contributed by atoms with E-state index in [9.17, 15) is 13.0 Å². The second kappa shape index (κ2) is 8.27. The molecule has 0 aliphatic heterocycles. The van der Waals surface area contributed by atoms with Crippen LogP contribution in [0.5, 0.6) is 0 Å². The minimum atomic E-state index is -4.21. The van der Waals surface area contributed by atoms with Crippen LogP contribution in [0.4, 0.5) is 0 Å². The first kappa shape index (κ1) is 18.6. The molecule has 0 fully saturated rings. The van der Waals surface area contributed by atoms with Crippen molar-refractivity contribution in [2.75, 3.05) is 0 Å². The molecule has 0 aromatic heterocycles. The van der Waals surface area contributed by atoms with Gasteiger partial charge in [0.1, 0.15) is 4.90 Å². The number of rotatable bonds is 7. The summed E-state index contributed by atoms with van der Waals surface area (Å²) >= 11 is 0. The highest BCUT2D eigenvalue weighted by atomic mass is 32.2. The average molecular weight is 323 g/mol. The van der Waals surface area contributed by atoms with E-state index in [-0.39, 0.29) is 11.0 Å². The largest absolute Gasteiger partial charge is 0.344 e. The van der Waals surface area contributed by atoms with Crippen LogP contribution < -0.4 is 6.15 Å². The molecular formula is C17H25NO3S. The van der Waals surface area contributed by atoms with Gasteiger partial charge in [0.15, 0.2) is 0 Å². The molecule has 0 atom stereocenters. The lowest BCUT2D eigenvalue weighted by Gasteiger charge is -2.10. The fourth-order valence-electron chi connectivity index (χ4n) is 2.71. The number of unbranched alkanes of at least 4 members (excludes halogenated alkanes) is 4. The fourth-order valence-corrected chi connectivity index (χ4v) is 3.67. The molecular weight excluding hydrogens is 298 g/mol. The Balaban J connectivity index is 0.00000242. The van der Waals surface area contributed by atoms with Gasteiger partial charge in [-0.15, -0.1) is 0 Å². The molecule has 2 aromatic carbocycles. The molecule has 0 unspecified atom stereocenters. The van der Waals surface area contributed by atoms with E-state index in [1.54, 1.807) is 12.1 Å². The van der Waals surface area contributed by atoms with Gasteiger partial charge in [-0.05, 0) is 23.8 Å². The Labute approximate surface area is 132 Å². The minimum Gasteiger partial charge on any atom is -0.344 e. The quantitative estimate of drug-likeness (QED) is 0.567. The predicted octanol–water partition coefficient (Wildman–Crippen LogP) is 4.76. The fraction of sp³-hybridized carbons (Fsp3) is 0.412. The zero-order chi connectivity index (χ0) is 15.3. The zero-order valence-electron chi connectivity index (χ0n) is 13.1. The van der Waals surface area contributed by atoms with Crippen LogP contribution in [0, 0.1) is 0 Å². The van der Waals surface area contributed by atoms with Gasteiger partial charge in [0, 0.05) is 5.39 Å². The molecule has 122 valence electrons. The predicted molar refractivity (Wildman–Crippen MR) is 91.2 cm³/mol. The minimum absolute atomic E-state index is 0. The topological polar surface area (TPSA) is 89.4 Å². The lowest BCUT2D eigenvalue weighted by atomic mass is 10.0. The van der Waals surface area contributed by atoms with Crippen LogP contribution in [-0.2, 0) is 16.5 Å². The Morgan fingerprint density at radius 2 is 1.64 bits per heavy atom. The van der Waals surface area contributed by atoms with Gasteiger partial charge in [0.05, 0.1) is 0 Å². The molecule has 4 N–H and O–H groups in total. The first-order valence-electron chi connectivity index (χ1n) is 7.52. The smallest absolute Gasteiger partial charge is 0.295 e. The standard InChI is InChI=1S/C17H22O3S.H3N/c1-2-3-4-5-6-10-15-13-12-14-9-7-8-11-16(14)17(15)21(18,19)20;/h7-9,11-13H,2-6,10H2,1H3,(H,18,19,20);1H3. The van der Waals surface area contributed by atoms with E-state index in [0.717, 1.165) is 18.2 Å². The van der Waals surface area contributed by atoms with Gasteiger partial charge in [-0.25, -0.2) is 0 Å². The normalized spacial score (nSPS) is 11.4. The Morgan fingerprint density at radius 1 is 0.955 bits per heavy atom. The highest BCUT2D eigenvalue weighted by Gasteiger charge is 2.18. The third-order valence-corrected chi connectivity index (χ3v) is 4.77. The molecule has 2 aromatic rings. The van der Waals surface area contributed by atoms with E-state index in [1.165, 1.54) is 19.3 Å². The van der Waals surface area contributed by atoms with Crippen LogP contribution in [-0.4, -0.2) is 13.0 Å². The highest BCUT2D eigenvalue weighted by molar-refractivity contribution is 7.86. The van der Waals surface area contributed by atoms with Crippen LogP contribution in [0.25, 0.3) is 10.8 Å². The summed E-state index contributed by atoms with van der Waals surface area (Å²) in [5.41, 5.74) is 0.715. The summed E-state index contributed by atoms with van der Waals surface area (Å²) in [6, 6.07) is 11.0. The van der Waals surface area contributed by atoms with E-state index < -0.39 is 10.1 Å². The lowest BCUT2D eigenvalue weighted by molar-refractivity contribution is 0.483. The van der Waals surface area contributed by atoms with Gasteiger partial charge in [-0.1, -0.05) is 69.0 Å². The average Bonchev–Trinajstić information content (AvgIpc) is 2.45. The second-order valence-corrected chi connectivity index (χ2v) is 6.77. The van der Waals surface area contributed by atoms with Crippen molar-refractivity contribution in [3.8, 4) is 0 Å². The number of fused-ring (bicyclic) bond motifs is 1. The van der Waals surface area contributed by atoms with E-state index >= 15 is 0 Å². The molecule has 5 heteroatoms. The maximum absolute atomic E-state index is 11.8. The zero-order valence-corrected chi connectivity index (χ0v) is 13.9. The Hall–Kier alpha value is -1.43. The number of benzene rings is 2. The van der Waals surface area contributed by atoms with Crippen LogP contribution >= 0.6 is 0 Å². The molecule has 0 amide bonds. The molecule has 22 heavy (non-hydrogen) atoms. The molecule has 2 rings (SSSR count). The summed E-state index contributed by atoms with van der Waals surface area (Å²) in [6.07, 6.45) is 6.29. The first-order valence-corrected chi connectivity index (χ1v) is 8.96. The number of aryl methyl sites for hydroxylation is 1. The maximum atomic E-state index is 11.8. The van der Waals surface area contributed by atoms with Crippen molar-refractivity contribution < 1.29 is 13.0 Å². The first-order chi connectivity index (χ1) is 10.0. The third kappa shape index (κ3) is 4.53. The summed E-state index contributed by atoms with van der Waals surface area (Å²) in [6.45, 7) is 2.17.